The van der Waals surface area contributed by atoms with Gasteiger partial charge in [-0.15, -0.1) is 0 Å². The number of hydrogen-bond donors (Lipinski definition) is 1. The molecule has 0 fully saturated rings. The molecule has 2 rings (SSSR count). The zero-order valence-electron chi connectivity index (χ0n) is 10.4. The highest BCUT2D eigenvalue weighted by Crippen LogP contribution is 2.22. The Balaban J connectivity index is 2.11. The largest absolute Gasteiger partial charge is 0.378 e. The molecular formula is C13H15Cl2N3. The van der Waals surface area contributed by atoms with Crippen LogP contribution in [0.5, 0.6) is 0 Å². The fourth-order valence-corrected chi connectivity index (χ4v) is 2.27. The summed E-state index contributed by atoms with van der Waals surface area (Å²) in [6, 6.07) is 5.53. The van der Waals surface area contributed by atoms with Crippen molar-refractivity contribution in [2.75, 3.05) is 5.32 Å². The average Bonchev–Trinajstić information content (AvgIpc) is 2.68. The Morgan fingerprint density at radius 3 is 2.78 bits per heavy atom. The van der Waals surface area contributed by atoms with Crippen LogP contribution in [0.2, 0.25) is 10.0 Å². The van der Waals surface area contributed by atoms with Crippen molar-refractivity contribution in [1.82, 2.24) is 9.78 Å². The lowest BCUT2D eigenvalue weighted by molar-refractivity contribution is 0.746. The van der Waals surface area contributed by atoms with E-state index in [0.29, 0.717) is 16.6 Å². The van der Waals surface area contributed by atoms with Crippen LogP contribution in [0.15, 0.2) is 24.4 Å². The molecule has 2 aromatic rings. The summed E-state index contributed by atoms with van der Waals surface area (Å²) in [7, 11) is 1.92. The van der Waals surface area contributed by atoms with Gasteiger partial charge in [0.1, 0.15) is 0 Å². The van der Waals surface area contributed by atoms with E-state index in [-0.39, 0.29) is 0 Å². The van der Waals surface area contributed by atoms with Crippen molar-refractivity contribution in [3.8, 4) is 0 Å². The third-order valence-electron chi connectivity index (χ3n) is 2.72. The number of aromatic nitrogens is 2. The summed E-state index contributed by atoms with van der Waals surface area (Å²) in [6.07, 6.45) is 2.88. The summed E-state index contributed by atoms with van der Waals surface area (Å²) in [5.74, 6) is 0. The number of halogens is 2. The molecule has 1 N–H and O–H groups in total. The van der Waals surface area contributed by atoms with E-state index < -0.39 is 0 Å². The summed E-state index contributed by atoms with van der Waals surface area (Å²) in [5.41, 5.74) is 3.13. The lowest BCUT2D eigenvalue weighted by atomic mass is 10.2. The molecule has 1 heterocycles. The molecule has 0 radical (unpaired) electrons. The van der Waals surface area contributed by atoms with Crippen LogP contribution < -0.4 is 5.32 Å². The van der Waals surface area contributed by atoms with Crippen molar-refractivity contribution < 1.29 is 0 Å². The first-order valence-corrected chi connectivity index (χ1v) is 6.56. The van der Waals surface area contributed by atoms with Gasteiger partial charge in [-0.25, -0.2) is 0 Å². The number of aryl methyl sites for hydroxylation is 2. The standard InChI is InChI=1S/C13H15Cl2N3/c1-3-12-13(8-18(2)17-12)16-7-9-4-5-10(14)6-11(9)15/h4-6,8,16H,3,7H2,1-2H3. The molecular weight excluding hydrogens is 269 g/mol. The molecule has 0 unspecified atom stereocenters. The normalized spacial score (nSPS) is 10.7. The lowest BCUT2D eigenvalue weighted by Crippen LogP contribution is -2.01. The molecule has 0 aliphatic heterocycles. The Morgan fingerprint density at radius 1 is 1.33 bits per heavy atom. The number of anilines is 1. The van der Waals surface area contributed by atoms with Gasteiger partial charge in [0.05, 0.1) is 11.4 Å². The van der Waals surface area contributed by atoms with Gasteiger partial charge < -0.3 is 5.32 Å². The molecule has 1 aromatic heterocycles. The molecule has 0 spiro atoms. The fraction of sp³-hybridized carbons (Fsp3) is 0.308. The summed E-state index contributed by atoms with van der Waals surface area (Å²) < 4.78 is 1.81. The van der Waals surface area contributed by atoms with Crippen molar-refractivity contribution in [1.29, 1.82) is 0 Å². The van der Waals surface area contributed by atoms with Gasteiger partial charge in [-0.3, -0.25) is 4.68 Å². The van der Waals surface area contributed by atoms with E-state index in [1.165, 1.54) is 0 Å². The topological polar surface area (TPSA) is 29.9 Å². The van der Waals surface area contributed by atoms with Crippen LogP contribution in [0.3, 0.4) is 0 Å². The molecule has 0 atom stereocenters. The first-order chi connectivity index (χ1) is 8.60. The van der Waals surface area contributed by atoms with Crippen LogP contribution in [0, 0.1) is 0 Å². The summed E-state index contributed by atoms with van der Waals surface area (Å²) in [4.78, 5) is 0. The molecule has 0 amide bonds. The quantitative estimate of drug-likeness (QED) is 0.922. The highest BCUT2D eigenvalue weighted by atomic mass is 35.5. The Bertz CT molecular complexity index is 549. The van der Waals surface area contributed by atoms with Gasteiger partial charge in [0.25, 0.3) is 0 Å². The van der Waals surface area contributed by atoms with Crippen molar-refractivity contribution in [2.24, 2.45) is 7.05 Å². The molecule has 96 valence electrons. The Kier molecular flexibility index (Phi) is 4.15. The average molecular weight is 284 g/mol. The predicted molar refractivity (Wildman–Crippen MR) is 76.4 cm³/mol. The van der Waals surface area contributed by atoms with E-state index in [9.17, 15) is 0 Å². The molecule has 5 heteroatoms. The smallest absolute Gasteiger partial charge is 0.0853 e. The van der Waals surface area contributed by atoms with Crippen molar-refractivity contribution in [3.63, 3.8) is 0 Å². The highest BCUT2D eigenvalue weighted by molar-refractivity contribution is 6.35. The third-order valence-corrected chi connectivity index (χ3v) is 3.31. The summed E-state index contributed by atoms with van der Waals surface area (Å²) in [6.45, 7) is 2.75. The first-order valence-electron chi connectivity index (χ1n) is 5.80. The lowest BCUT2D eigenvalue weighted by Gasteiger charge is -2.07. The van der Waals surface area contributed by atoms with Crippen LogP contribution in [0.4, 0.5) is 5.69 Å². The van der Waals surface area contributed by atoms with Gasteiger partial charge in [-0.1, -0.05) is 36.2 Å². The molecule has 1 aromatic carbocycles. The van der Waals surface area contributed by atoms with Crippen molar-refractivity contribution >= 4 is 28.9 Å². The minimum Gasteiger partial charge on any atom is -0.378 e. The number of hydrogen-bond acceptors (Lipinski definition) is 2. The maximum atomic E-state index is 6.13. The molecule has 0 saturated heterocycles. The molecule has 18 heavy (non-hydrogen) atoms. The SMILES string of the molecule is CCc1nn(C)cc1NCc1ccc(Cl)cc1Cl. The Labute approximate surface area is 117 Å². The second-order valence-corrected chi connectivity index (χ2v) is 4.95. The second-order valence-electron chi connectivity index (χ2n) is 4.11. The zero-order chi connectivity index (χ0) is 13.1. The van der Waals surface area contributed by atoms with E-state index in [1.807, 2.05) is 30.1 Å². The number of benzene rings is 1. The minimum atomic E-state index is 0.652. The van der Waals surface area contributed by atoms with E-state index in [4.69, 9.17) is 23.2 Å². The number of rotatable bonds is 4. The van der Waals surface area contributed by atoms with Gasteiger partial charge in [-0.05, 0) is 24.1 Å². The second kappa shape index (κ2) is 5.63. The molecule has 0 bridgehead atoms. The van der Waals surface area contributed by atoms with Gasteiger partial charge >= 0.3 is 0 Å². The van der Waals surface area contributed by atoms with Crippen LogP contribution in [-0.2, 0) is 20.0 Å². The van der Waals surface area contributed by atoms with E-state index in [1.54, 1.807) is 6.07 Å². The first kappa shape index (κ1) is 13.2. The van der Waals surface area contributed by atoms with Gasteiger partial charge in [0, 0.05) is 29.8 Å². The van der Waals surface area contributed by atoms with Crippen LogP contribution in [0.25, 0.3) is 0 Å². The molecule has 3 nitrogen and oxygen atoms in total. The molecule has 0 aliphatic rings. The van der Waals surface area contributed by atoms with Gasteiger partial charge in [-0.2, -0.15) is 5.10 Å². The van der Waals surface area contributed by atoms with E-state index >= 15 is 0 Å². The van der Waals surface area contributed by atoms with E-state index in [2.05, 4.69) is 17.3 Å². The predicted octanol–water partition coefficient (Wildman–Crippen LogP) is 3.90. The van der Waals surface area contributed by atoms with Gasteiger partial charge in [0.15, 0.2) is 0 Å². The summed E-state index contributed by atoms with van der Waals surface area (Å²) in [5, 5.41) is 9.06. The highest BCUT2D eigenvalue weighted by Gasteiger charge is 2.06. The summed E-state index contributed by atoms with van der Waals surface area (Å²) >= 11 is 12.0. The van der Waals surface area contributed by atoms with Crippen LogP contribution in [0.1, 0.15) is 18.2 Å². The Hall–Kier alpha value is -1.19. The van der Waals surface area contributed by atoms with Crippen molar-refractivity contribution in [2.45, 2.75) is 19.9 Å². The van der Waals surface area contributed by atoms with E-state index in [0.717, 1.165) is 23.4 Å². The third kappa shape index (κ3) is 2.98. The van der Waals surface area contributed by atoms with Crippen LogP contribution in [-0.4, -0.2) is 9.78 Å². The number of nitrogens with one attached hydrogen (secondary N) is 1. The zero-order valence-corrected chi connectivity index (χ0v) is 11.9. The molecule has 0 aliphatic carbocycles. The van der Waals surface area contributed by atoms with Crippen LogP contribution >= 0.6 is 23.2 Å². The minimum absolute atomic E-state index is 0.652. The van der Waals surface area contributed by atoms with Gasteiger partial charge in [0.2, 0.25) is 0 Å². The Morgan fingerprint density at radius 2 is 2.11 bits per heavy atom. The maximum Gasteiger partial charge on any atom is 0.0853 e. The van der Waals surface area contributed by atoms with Crippen molar-refractivity contribution in [3.05, 3.63) is 45.7 Å². The molecule has 0 saturated carbocycles. The fourth-order valence-electron chi connectivity index (χ4n) is 1.80. The maximum absolute atomic E-state index is 6.13. The number of nitrogens with zero attached hydrogens (tertiary/aromatic N) is 2. The monoisotopic (exact) mass is 283 g/mol.